The molecule has 1 saturated carbocycles. The maximum Gasteiger partial charge on any atom is 0.317 e. The average Bonchev–Trinajstić information content (AvgIpc) is 3.14. The Bertz CT molecular complexity index is 658. The standard InChI is InChI=1S/C20H28N2O5/c1-2-25-19(23)10-11-22(20(24)21-16-6-4-3-5-7-16)13-15-8-9-17-18(12-15)27-14-26-17/h8-9,12,16H,2-7,10-11,13-14H2,1H3,(H,21,24). The summed E-state index contributed by atoms with van der Waals surface area (Å²) in [4.78, 5) is 26.2. The van der Waals surface area contributed by atoms with Crippen LogP contribution in [-0.2, 0) is 16.1 Å². The van der Waals surface area contributed by atoms with Gasteiger partial charge in [0.1, 0.15) is 0 Å². The zero-order valence-electron chi connectivity index (χ0n) is 15.9. The molecule has 0 atom stereocenters. The number of fused-ring (bicyclic) bond motifs is 1. The number of carbonyl (C=O) groups excluding carboxylic acids is 2. The van der Waals surface area contributed by atoms with Gasteiger partial charge in [-0.3, -0.25) is 4.79 Å². The molecule has 0 bridgehead atoms. The molecule has 148 valence electrons. The van der Waals surface area contributed by atoms with E-state index in [0.717, 1.165) is 31.2 Å². The van der Waals surface area contributed by atoms with Crippen LogP contribution in [0, 0.1) is 0 Å². The smallest absolute Gasteiger partial charge is 0.317 e. The predicted molar refractivity (Wildman–Crippen MR) is 99.6 cm³/mol. The van der Waals surface area contributed by atoms with Crippen molar-refractivity contribution >= 4 is 12.0 Å². The lowest BCUT2D eigenvalue weighted by Crippen LogP contribution is -2.45. The van der Waals surface area contributed by atoms with E-state index in [1.54, 1.807) is 11.8 Å². The highest BCUT2D eigenvalue weighted by Crippen LogP contribution is 2.32. The lowest BCUT2D eigenvalue weighted by atomic mass is 9.96. The summed E-state index contributed by atoms with van der Waals surface area (Å²) in [5.74, 6) is 1.10. The number of amides is 2. The first-order valence-electron chi connectivity index (χ1n) is 9.75. The molecule has 1 fully saturated rings. The minimum Gasteiger partial charge on any atom is -0.466 e. The highest BCUT2D eigenvalue weighted by Gasteiger charge is 2.22. The SMILES string of the molecule is CCOC(=O)CCN(Cc1ccc2c(c1)OCO2)C(=O)NC1CCCCC1. The topological polar surface area (TPSA) is 77.1 Å². The number of benzene rings is 1. The number of hydrogen-bond acceptors (Lipinski definition) is 5. The Labute approximate surface area is 160 Å². The fraction of sp³-hybridized carbons (Fsp3) is 0.600. The molecular weight excluding hydrogens is 348 g/mol. The van der Waals surface area contributed by atoms with Crippen molar-refractivity contribution < 1.29 is 23.8 Å². The van der Waals surface area contributed by atoms with Gasteiger partial charge in [0.15, 0.2) is 11.5 Å². The van der Waals surface area contributed by atoms with E-state index in [2.05, 4.69) is 5.32 Å². The van der Waals surface area contributed by atoms with Crippen LogP contribution in [0.5, 0.6) is 11.5 Å². The van der Waals surface area contributed by atoms with Crippen molar-refractivity contribution in [3.8, 4) is 11.5 Å². The van der Waals surface area contributed by atoms with E-state index >= 15 is 0 Å². The highest BCUT2D eigenvalue weighted by atomic mass is 16.7. The second kappa shape index (κ2) is 9.48. The number of nitrogens with one attached hydrogen (secondary N) is 1. The predicted octanol–water partition coefficient (Wildman–Crippen LogP) is 3.21. The van der Waals surface area contributed by atoms with Gasteiger partial charge in [0.05, 0.1) is 13.0 Å². The number of urea groups is 1. The first kappa shape index (κ1) is 19.3. The number of rotatable bonds is 7. The molecule has 0 aromatic heterocycles. The van der Waals surface area contributed by atoms with Crippen molar-refractivity contribution in [3.63, 3.8) is 0 Å². The molecule has 3 rings (SSSR count). The summed E-state index contributed by atoms with van der Waals surface area (Å²) in [6.07, 6.45) is 5.74. The molecule has 0 radical (unpaired) electrons. The van der Waals surface area contributed by atoms with Crippen LogP contribution in [-0.4, -0.2) is 42.9 Å². The molecule has 2 amide bonds. The molecule has 1 aliphatic heterocycles. The van der Waals surface area contributed by atoms with Gasteiger partial charge in [-0.2, -0.15) is 0 Å². The Hall–Kier alpha value is -2.44. The van der Waals surface area contributed by atoms with E-state index in [9.17, 15) is 9.59 Å². The van der Waals surface area contributed by atoms with Gasteiger partial charge in [-0.25, -0.2) is 4.79 Å². The molecule has 1 aromatic rings. The van der Waals surface area contributed by atoms with Crippen LogP contribution in [0.2, 0.25) is 0 Å². The van der Waals surface area contributed by atoms with Crippen molar-refractivity contribution in [2.75, 3.05) is 19.9 Å². The molecule has 1 aliphatic carbocycles. The van der Waals surface area contributed by atoms with Crippen molar-refractivity contribution in [2.45, 2.75) is 58.0 Å². The Balaban J connectivity index is 1.64. The molecule has 1 N–H and O–H groups in total. The van der Waals surface area contributed by atoms with Gasteiger partial charge in [-0.1, -0.05) is 25.3 Å². The second-order valence-electron chi connectivity index (χ2n) is 6.95. The van der Waals surface area contributed by atoms with Crippen molar-refractivity contribution in [3.05, 3.63) is 23.8 Å². The van der Waals surface area contributed by atoms with E-state index in [-0.39, 0.29) is 31.3 Å². The Morgan fingerprint density at radius 3 is 2.74 bits per heavy atom. The zero-order valence-corrected chi connectivity index (χ0v) is 15.9. The van der Waals surface area contributed by atoms with Crippen LogP contribution in [0.25, 0.3) is 0 Å². The molecule has 2 aliphatic rings. The van der Waals surface area contributed by atoms with Crippen molar-refractivity contribution in [2.24, 2.45) is 0 Å². The molecule has 1 heterocycles. The minimum atomic E-state index is -0.293. The fourth-order valence-electron chi connectivity index (χ4n) is 3.48. The molecule has 0 spiro atoms. The van der Waals surface area contributed by atoms with Gasteiger partial charge in [0, 0.05) is 19.1 Å². The Kier molecular flexibility index (Phi) is 6.79. The number of ether oxygens (including phenoxy) is 3. The molecular formula is C20H28N2O5. The van der Waals surface area contributed by atoms with E-state index in [4.69, 9.17) is 14.2 Å². The van der Waals surface area contributed by atoms with Crippen LogP contribution in [0.15, 0.2) is 18.2 Å². The lowest BCUT2D eigenvalue weighted by Gasteiger charge is -2.28. The summed E-state index contributed by atoms with van der Waals surface area (Å²) in [7, 11) is 0. The zero-order chi connectivity index (χ0) is 19.1. The van der Waals surface area contributed by atoms with Gasteiger partial charge in [0.2, 0.25) is 6.79 Å². The van der Waals surface area contributed by atoms with Crippen LogP contribution in [0.4, 0.5) is 4.79 Å². The third kappa shape index (κ3) is 5.52. The van der Waals surface area contributed by atoms with Crippen LogP contribution in [0.1, 0.15) is 51.0 Å². The molecule has 7 heteroatoms. The third-order valence-electron chi connectivity index (χ3n) is 4.92. The highest BCUT2D eigenvalue weighted by molar-refractivity contribution is 5.76. The van der Waals surface area contributed by atoms with Gasteiger partial charge in [-0.15, -0.1) is 0 Å². The van der Waals surface area contributed by atoms with Gasteiger partial charge in [-0.05, 0) is 37.5 Å². The van der Waals surface area contributed by atoms with Crippen LogP contribution < -0.4 is 14.8 Å². The van der Waals surface area contributed by atoms with Gasteiger partial charge in [0.25, 0.3) is 0 Å². The monoisotopic (exact) mass is 376 g/mol. The summed E-state index contributed by atoms with van der Waals surface area (Å²) in [6, 6.07) is 5.73. The number of carbonyl (C=O) groups is 2. The normalized spacial score (nSPS) is 16.0. The van der Waals surface area contributed by atoms with E-state index in [1.165, 1.54) is 6.42 Å². The Morgan fingerprint density at radius 2 is 1.96 bits per heavy atom. The van der Waals surface area contributed by atoms with Crippen LogP contribution >= 0.6 is 0 Å². The summed E-state index contributed by atoms with van der Waals surface area (Å²) in [5.41, 5.74) is 0.932. The fourth-order valence-corrected chi connectivity index (χ4v) is 3.48. The summed E-state index contributed by atoms with van der Waals surface area (Å²) in [5, 5.41) is 3.13. The quantitative estimate of drug-likeness (QED) is 0.740. The first-order chi connectivity index (χ1) is 13.2. The van der Waals surface area contributed by atoms with E-state index in [1.807, 2.05) is 18.2 Å². The van der Waals surface area contributed by atoms with E-state index in [0.29, 0.717) is 31.2 Å². The molecule has 0 saturated heterocycles. The maximum atomic E-state index is 12.8. The number of hydrogen-bond donors (Lipinski definition) is 1. The van der Waals surface area contributed by atoms with Gasteiger partial charge < -0.3 is 24.4 Å². The second-order valence-corrected chi connectivity index (χ2v) is 6.95. The Morgan fingerprint density at radius 1 is 1.19 bits per heavy atom. The molecule has 1 aromatic carbocycles. The third-order valence-corrected chi connectivity index (χ3v) is 4.92. The lowest BCUT2D eigenvalue weighted by molar-refractivity contribution is -0.143. The summed E-state index contributed by atoms with van der Waals surface area (Å²) in [6.45, 7) is 3.04. The molecule has 0 unspecified atom stereocenters. The van der Waals surface area contributed by atoms with E-state index < -0.39 is 0 Å². The summed E-state index contributed by atoms with van der Waals surface area (Å²) >= 11 is 0. The number of nitrogens with zero attached hydrogens (tertiary/aromatic N) is 1. The van der Waals surface area contributed by atoms with Crippen molar-refractivity contribution in [1.29, 1.82) is 0 Å². The molecule has 27 heavy (non-hydrogen) atoms. The summed E-state index contributed by atoms with van der Waals surface area (Å²) < 4.78 is 15.8. The minimum absolute atomic E-state index is 0.135. The van der Waals surface area contributed by atoms with Crippen LogP contribution in [0.3, 0.4) is 0 Å². The van der Waals surface area contributed by atoms with Crippen molar-refractivity contribution in [1.82, 2.24) is 10.2 Å². The maximum absolute atomic E-state index is 12.8. The average molecular weight is 376 g/mol. The van der Waals surface area contributed by atoms with Gasteiger partial charge >= 0.3 is 12.0 Å². The molecule has 7 nitrogen and oxygen atoms in total. The largest absolute Gasteiger partial charge is 0.466 e. The number of esters is 1. The first-order valence-corrected chi connectivity index (χ1v) is 9.75.